The van der Waals surface area contributed by atoms with Gasteiger partial charge in [-0.15, -0.1) is 0 Å². The zero-order chi connectivity index (χ0) is 13.2. The SMILES string of the molecule is Clc1cccc(Cl)c1Cn1ccc(CNC2CC2)n1. The highest BCUT2D eigenvalue weighted by atomic mass is 35.5. The molecule has 0 saturated heterocycles. The summed E-state index contributed by atoms with van der Waals surface area (Å²) in [6.45, 7) is 1.43. The summed E-state index contributed by atoms with van der Waals surface area (Å²) < 4.78 is 1.87. The maximum absolute atomic E-state index is 6.16. The van der Waals surface area contributed by atoms with Crippen molar-refractivity contribution < 1.29 is 0 Å². The Morgan fingerprint density at radius 3 is 2.63 bits per heavy atom. The standard InChI is InChI=1S/C14H15Cl2N3/c15-13-2-1-3-14(16)12(13)9-19-7-6-11(18-19)8-17-10-4-5-10/h1-3,6-7,10,17H,4-5,8-9H2. The second-order valence-corrected chi connectivity index (χ2v) is 5.67. The van der Waals surface area contributed by atoms with Gasteiger partial charge in [0.25, 0.3) is 0 Å². The number of hydrogen-bond acceptors (Lipinski definition) is 2. The highest BCUT2D eigenvalue weighted by Gasteiger charge is 2.20. The highest BCUT2D eigenvalue weighted by molar-refractivity contribution is 6.35. The number of nitrogens with zero attached hydrogens (tertiary/aromatic N) is 2. The Balaban J connectivity index is 1.68. The second kappa shape index (κ2) is 5.53. The topological polar surface area (TPSA) is 29.9 Å². The smallest absolute Gasteiger partial charge is 0.0762 e. The van der Waals surface area contributed by atoms with Crippen LogP contribution in [0.2, 0.25) is 10.0 Å². The Kier molecular flexibility index (Phi) is 3.78. The molecule has 1 fully saturated rings. The zero-order valence-corrected chi connectivity index (χ0v) is 12.0. The molecule has 1 heterocycles. The monoisotopic (exact) mass is 295 g/mol. The molecular weight excluding hydrogens is 281 g/mol. The third-order valence-corrected chi connectivity index (χ3v) is 3.94. The molecule has 0 amide bonds. The van der Waals surface area contributed by atoms with Crippen molar-refractivity contribution in [3.63, 3.8) is 0 Å². The van der Waals surface area contributed by atoms with Crippen LogP contribution < -0.4 is 5.32 Å². The van der Waals surface area contributed by atoms with Crippen LogP contribution in [-0.4, -0.2) is 15.8 Å². The van der Waals surface area contributed by atoms with Gasteiger partial charge in [-0.05, 0) is 31.0 Å². The van der Waals surface area contributed by atoms with Crippen molar-refractivity contribution in [1.29, 1.82) is 0 Å². The Labute approximate surface area is 122 Å². The summed E-state index contributed by atoms with van der Waals surface area (Å²) in [5.41, 5.74) is 1.96. The van der Waals surface area contributed by atoms with Crippen molar-refractivity contribution in [2.24, 2.45) is 0 Å². The van der Waals surface area contributed by atoms with Crippen LogP contribution in [0.15, 0.2) is 30.5 Å². The summed E-state index contributed by atoms with van der Waals surface area (Å²) in [7, 11) is 0. The van der Waals surface area contributed by atoms with E-state index >= 15 is 0 Å². The summed E-state index contributed by atoms with van der Waals surface area (Å²) >= 11 is 12.3. The van der Waals surface area contributed by atoms with E-state index in [1.54, 1.807) is 0 Å². The third kappa shape index (κ3) is 3.30. The lowest BCUT2D eigenvalue weighted by Gasteiger charge is -2.07. The molecule has 3 rings (SSSR count). The number of nitrogens with one attached hydrogen (secondary N) is 1. The van der Waals surface area contributed by atoms with Gasteiger partial charge in [-0.2, -0.15) is 5.10 Å². The molecule has 2 aromatic rings. The molecule has 0 aliphatic heterocycles. The molecule has 19 heavy (non-hydrogen) atoms. The van der Waals surface area contributed by atoms with Gasteiger partial charge in [0, 0.05) is 34.4 Å². The minimum atomic E-state index is 0.599. The molecule has 5 heteroatoms. The molecular formula is C14H15Cl2N3. The molecule has 0 atom stereocenters. The summed E-state index contributed by atoms with van der Waals surface area (Å²) in [5, 5.41) is 9.33. The zero-order valence-electron chi connectivity index (χ0n) is 10.4. The average Bonchev–Trinajstić information content (AvgIpc) is 3.11. The predicted molar refractivity (Wildman–Crippen MR) is 77.7 cm³/mol. The van der Waals surface area contributed by atoms with Gasteiger partial charge >= 0.3 is 0 Å². The van der Waals surface area contributed by atoms with E-state index < -0.39 is 0 Å². The molecule has 1 saturated carbocycles. The molecule has 1 aromatic carbocycles. The van der Waals surface area contributed by atoms with E-state index in [0.29, 0.717) is 22.6 Å². The van der Waals surface area contributed by atoms with E-state index in [9.17, 15) is 0 Å². The molecule has 3 nitrogen and oxygen atoms in total. The van der Waals surface area contributed by atoms with Gasteiger partial charge in [-0.25, -0.2) is 0 Å². The number of halogens is 2. The fraction of sp³-hybridized carbons (Fsp3) is 0.357. The predicted octanol–water partition coefficient (Wildman–Crippen LogP) is 3.49. The van der Waals surface area contributed by atoms with Gasteiger partial charge in [-0.1, -0.05) is 29.3 Å². The van der Waals surface area contributed by atoms with E-state index in [1.165, 1.54) is 12.8 Å². The Morgan fingerprint density at radius 2 is 1.95 bits per heavy atom. The first-order valence-electron chi connectivity index (χ1n) is 6.41. The lowest BCUT2D eigenvalue weighted by Crippen LogP contribution is -2.16. The maximum atomic E-state index is 6.16. The van der Waals surface area contributed by atoms with E-state index in [1.807, 2.05) is 35.1 Å². The Hall–Kier alpha value is -1.03. The summed E-state index contributed by atoms with van der Waals surface area (Å²) in [4.78, 5) is 0. The van der Waals surface area contributed by atoms with Crippen LogP contribution in [0.5, 0.6) is 0 Å². The maximum Gasteiger partial charge on any atom is 0.0762 e. The largest absolute Gasteiger partial charge is 0.308 e. The molecule has 1 aromatic heterocycles. The number of aromatic nitrogens is 2. The minimum Gasteiger partial charge on any atom is -0.308 e. The van der Waals surface area contributed by atoms with Gasteiger partial charge in [0.1, 0.15) is 0 Å². The van der Waals surface area contributed by atoms with Gasteiger partial charge in [0.2, 0.25) is 0 Å². The summed E-state index contributed by atoms with van der Waals surface area (Å²) in [5.74, 6) is 0. The van der Waals surface area contributed by atoms with E-state index in [-0.39, 0.29) is 0 Å². The van der Waals surface area contributed by atoms with Crippen molar-refractivity contribution in [3.05, 3.63) is 51.8 Å². The third-order valence-electron chi connectivity index (χ3n) is 3.23. The molecule has 1 aliphatic rings. The normalized spacial score (nSPS) is 14.8. The van der Waals surface area contributed by atoms with Gasteiger partial charge in [0.05, 0.1) is 12.2 Å². The molecule has 100 valence electrons. The molecule has 0 bridgehead atoms. The Bertz CT molecular complexity index is 556. The quantitative estimate of drug-likeness (QED) is 0.915. The van der Waals surface area contributed by atoms with Crippen LogP contribution in [0.3, 0.4) is 0 Å². The van der Waals surface area contributed by atoms with Gasteiger partial charge in [0.15, 0.2) is 0 Å². The van der Waals surface area contributed by atoms with E-state index in [4.69, 9.17) is 23.2 Å². The van der Waals surface area contributed by atoms with Gasteiger partial charge < -0.3 is 5.32 Å². The first-order chi connectivity index (χ1) is 9.22. The van der Waals surface area contributed by atoms with Crippen molar-refractivity contribution in [2.45, 2.75) is 32.0 Å². The molecule has 1 aliphatic carbocycles. The molecule has 0 radical (unpaired) electrons. The first-order valence-corrected chi connectivity index (χ1v) is 7.16. The summed E-state index contributed by atoms with van der Waals surface area (Å²) in [6, 6.07) is 8.27. The van der Waals surface area contributed by atoms with E-state index in [0.717, 1.165) is 17.8 Å². The van der Waals surface area contributed by atoms with Crippen LogP contribution >= 0.6 is 23.2 Å². The highest BCUT2D eigenvalue weighted by Crippen LogP contribution is 2.25. The average molecular weight is 296 g/mol. The van der Waals surface area contributed by atoms with Crippen molar-refractivity contribution >= 4 is 23.2 Å². The lowest BCUT2D eigenvalue weighted by atomic mass is 10.2. The number of rotatable bonds is 5. The van der Waals surface area contributed by atoms with Crippen molar-refractivity contribution in [2.75, 3.05) is 0 Å². The van der Waals surface area contributed by atoms with Gasteiger partial charge in [-0.3, -0.25) is 4.68 Å². The lowest BCUT2D eigenvalue weighted by molar-refractivity contribution is 0.631. The molecule has 1 N–H and O–H groups in total. The van der Waals surface area contributed by atoms with Crippen LogP contribution in [0.1, 0.15) is 24.1 Å². The molecule has 0 unspecified atom stereocenters. The molecule has 0 spiro atoms. The van der Waals surface area contributed by atoms with Crippen LogP contribution in [0, 0.1) is 0 Å². The van der Waals surface area contributed by atoms with Crippen LogP contribution in [-0.2, 0) is 13.1 Å². The fourth-order valence-electron chi connectivity index (χ4n) is 1.97. The van der Waals surface area contributed by atoms with Crippen molar-refractivity contribution in [3.8, 4) is 0 Å². The second-order valence-electron chi connectivity index (χ2n) is 4.86. The fourth-order valence-corrected chi connectivity index (χ4v) is 2.48. The minimum absolute atomic E-state index is 0.599. The van der Waals surface area contributed by atoms with Crippen LogP contribution in [0.4, 0.5) is 0 Å². The number of benzene rings is 1. The van der Waals surface area contributed by atoms with Crippen molar-refractivity contribution in [1.82, 2.24) is 15.1 Å². The first kappa shape index (κ1) is 13.0. The van der Waals surface area contributed by atoms with Crippen LogP contribution in [0.25, 0.3) is 0 Å². The number of hydrogen-bond donors (Lipinski definition) is 1. The Morgan fingerprint density at radius 1 is 1.21 bits per heavy atom. The van der Waals surface area contributed by atoms with E-state index in [2.05, 4.69) is 10.4 Å². The summed E-state index contributed by atoms with van der Waals surface area (Å²) in [6.07, 6.45) is 4.54.